The molecule has 1 aromatic carbocycles. The number of nitrogens with one attached hydrogen (secondary N) is 1. The number of hydrogen-bond donors (Lipinski definition) is 1. The van der Waals surface area contributed by atoms with E-state index < -0.39 is 0 Å². The number of nitriles is 1. The zero-order valence-electron chi connectivity index (χ0n) is 9.53. The Bertz CT molecular complexity index is 475. The van der Waals surface area contributed by atoms with Crippen molar-refractivity contribution in [2.75, 3.05) is 6.54 Å². The van der Waals surface area contributed by atoms with E-state index in [2.05, 4.69) is 5.32 Å². The third-order valence-electron chi connectivity index (χ3n) is 2.11. The summed E-state index contributed by atoms with van der Waals surface area (Å²) in [7, 11) is 0. The molecule has 0 radical (unpaired) electrons. The van der Waals surface area contributed by atoms with Gasteiger partial charge in [-0.25, -0.2) is 4.39 Å². The molecule has 0 atom stereocenters. The molecule has 0 unspecified atom stereocenters. The van der Waals surface area contributed by atoms with Gasteiger partial charge in [0.05, 0.1) is 12.5 Å². The van der Waals surface area contributed by atoms with E-state index in [-0.39, 0.29) is 18.1 Å². The molecular formula is C13H13FN2O. The minimum Gasteiger partial charge on any atom is -0.353 e. The summed E-state index contributed by atoms with van der Waals surface area (Å²) in [5, 5.41) is 11.1. The Morgan fingerprint density at radius 3 is 3.00 bits per heavy atom. The second kappa shape index (κ2) is 6.44. The molecule has 1 rings (SSSR count). The summed E-state index contributed by atoms with van der Waals surface area (Å²) in [4.78, 5) is 10.6. The third-order valence-corrected chi connectivity index (χ3v) is 2.11. The van der Waals surface area contributed by atoms with Gasteiger partial charge in [-0.05, 0) is 17.7 Å². The molecule has 0 fully saturated rings. The number of amides is 1. The molecular weight excluding hydrogens is 219 g/mol. The number of nitrogens with zero attached hydrogens (tertiary/aromatic N) is 1. The first-order chi connectivity index (χ1) is 8.13. The zero-order valence-corrected chi connectivity index (χ0v) is 9.53. The van der Waals surface area contributed by atoms with Crippen molar-refractivity contribution in [3.63, 3.8) is 0 Å². The number of carbonyl (C=O) groups is 1. The number of carbonyl (C=O) groups excluding carboxylic acids is 1. The van der Waals surface area contributed by atoms with Crippen molar-refractivity contribution >= 4 is 12.0 Å². The van der Waals surface area contributed by atoms with Gasteiger partial charge in [-0.3, -0.25) is 4.79 Å². The summed E-state index contributed by atoms with van der Waals surface area (Å²) < 4.78 is 13.4. The van der Waals surface area contributed by atoms with Crippen LogP contribution in [0.5, 0.6) is 0 Å². The van der Waals surface area contributed by atoms with Gasteiger partial charge in [0.2, 0.25) is 5.91 Å². The molecule has 88 valence electrons. The van der Waals surface area contributed by atoms with E-state index in [1.165, 1.54) is 13.0 Å². The predicted molar refractivity (Wildman–Crippen MR) is 63.4 cm³/mol. The summed E-state index contributed by atoms with van der Waals surface area (Å²) in [6, 6.07) is 6.56. The first kappa shape index (κ1) is 12.9. The molecule has 0 heterocycles. The molecule has 0 aliphatic heterocycles. The van der Waals surface area contributed by atoms with E-state index in [1.807, 2.05) is 6.07 Å². The van der Waals surface area contributed by atoms with Gasteiger partial charge in [-0.2, -0.15) is 5.26 Å². The third kappa shape index (κ3) is 4.47. The number of halogens is 1. The topological polar surface area (TPSA) is 52.9 Å². The van der Waals surface area contributed by atoms with Crippen LogP contribution in [0.3, 0.4) is 0 Å². The Morgan fingerprint density at radius 2 is 2.35 bits per heavy atom. The quantitative estimate of drug-likeness (QED) is 0.863. The van der Waals surface area contributed by atoms with Crippen LogP contribution in [0.2, 0.25) is 0 Å². The Morgan fingerprint density at radius 1 is 1.59 bits per heavy atom. The maximum absolute atomic E-state index is 13.4. The van der Waals surface area contributed by atoms with Crippen LogP contribution in [0.4, 0.5) is 4.39 Å². The van der Waals surface area contributed by atoms with Crippen molar-refractivity contribution in [3.8, 4) is 6.07 Å². The van der Waals surface area contributed by atoms with Crippen LogP contribution in [0, 0.1) is 17.1 Å². The lowest BCUT2D eigenvalue weighted by Gasteiger charge is -2.00. The van der Waals surface area contributed by atoms with Gasteiger partial charge in [0, 0.05) is 19.0 Å². The highest BCUT2D eigenvalue weighted by Gasteiger charge is 2.00. The second-order valence-corrected chi connectivity index (χ2v) is 3.53. The fraction of sp³-hybridized carbons (Fsp3) is 0.231. The zero-order chi connectivity index (χ0) is 12.7. The van der Waals surface area contributed by atoms with Gasteiger partial charge in [-0.1, -0.05) is 18.2 Å². The summed E-state index contributed by atoms with van der Waals surface area (Å²) in [6.45, 7) is 1.78. The normalized spacial score (nSPS) is 10.2. The van der Waals surface area contributed by atoms with Crippen molar-refractivity contribution in [2.45, 2.75) is 13.3 Å². The Labute approximate surface area is 99.6 Å². The highest BCUT2D eigenvalue weighted by atomic mass is 19.1. The van der Waals surface area contributed by atoms with Crippen molar-refractivity contribution in [3.05, 3.63) is 41.2 Å². The number of hydrogen-bond acceptors (Lipinski definition) is 2. The number of rotatable bonds is 4. The van der Waals surface area contributed by atoms with Gasteiger partial charge in [0.1, 0.15) is 5.82 Å². The van der Waals surface area contributed by atoms with Gasteiger partial charge in [0.15, 0.2) is 0 Å². The Balaban J connectivity index is 2.72. The van der Waals surface area contributed by atoms with E-state index in [1.54, 1.807) is 24.3 Å². The summed E-state index contributed by atoms with van der Waals surface area (Å²) in [6.07, 6.45) is 3.51. The molecule has 0 aliphatic carbocycles. The van der Waals surface area contributed by atoms with Crippen molar-refractivity contribution in [1.82, 2.24) is 5.32 Å². The van der Waals surface area contributed by atoms with Gasteiger partial charge in [-0.15, -0.1) is 0 Å². The lowest BCUT2D eigenvalue weighted by molar-refractivity contribution is -0.118. The van der Waals surface area contributed by atoms with E-state index in [4.69, 9.17) is 5.26 Å². The minimum atomic E-state index is -0.342. The van der Waals surface area contributed by atoms with E-state index in [9.17, 15) is 9.18 Å². The van der Waals surface area contributed by atoms with Crippen LogP contribution >= 0.6 is 0 Å². The lowest BCUT2D eigenvalue weighted by Crippen LogP contribution is -2.19. The van der Waals surface area contributed by atoms with Crippen molar-refractivity contribution in [2.24, 2.45) is 0 Å². The molecule has 17 heavy (non-hydrogen) atoms. The number of benzene rings is 1. The molecule has 0 aromatic heterocycles. The van der Waals surface area contributed by atoms with Crippen LogP contribution in [0.1, 0.15) is 18.1 Å². The molecule has 0 bridgehead atoms. The van der Waals surface area contributed by atoms with Crippen LogP contribution in [0.15, 0.2) is 24.3 Å². The van der Waals surface area contributed by atoms with Crippen molar-refractivity contribution in [1.29, 1.82) is 5.26 Å². The summed E-state index contributed by atoms with van der Waals surface area (Å²) in [5.74, 6) is -0.473. The lowest BCUT2D eigenvalue weighted by atomic mass is 10.1. The first-order valence-corrected chi connectivity index (χ1v) is 5.20. The maximum atomic E-state index is 13.4. The molecule has 4 heteroatoms. The standard InChI is InChI=1S/C13H13FN2O/c1-10(17)16-8-2-3-12-9-11(6-7-15)4-5-13(12)14/h2-5,9H,6,8H2,1H3,(H,16,17). The van der Waals surface area contributed by atoms with Crippen LogP contribution < -0.4 is 5.32 Å². The smallest absolute Gasteiger partial charge is 0.217 e. The maximum Gasteiger partial charge on any atom is 0.217 e. The SMILES string of the molecule is CC(=O)NCC=Cc1cc(CC#N)ccc1F. The molecule has 0 spiro atoms. The molecule has 1 amide bonds. The minimum absolute atomic E-state index is 0.131. The van der Waals surface area contributed by atoms with Gasteiger partial charge in [0.25, 0.3) is 0 Å². The second-order valence-electron chi connectivity index (χ2n) is 3.53. The predicted octanol–water partition coefficient (Wildman–Crippen LogP) is 2.04. The van der Waals surface area contributed by atoms with Gasteiger partial charge < -0.3 is 5.32 Å². The average Bonchev–Trinajstić information content (AvgIpc) is 2.28. The molecule has 1 aromatic rings. The van der Waals surface area contributed by atoms with Gasteiger partial charge >= 0.3 is 0 Å². The summed E-state index contributed by atoms with van der Waals surface area (Å²) >= 11 is 0. The Kier molecular flexibility index (Phi) is 4.89. The van der Waals surface area contributed by atoms with Crippen LogP contribution in [0.25, 0.3) is 6.08 Å². The van der Waals surface area contributed by atoms with Crippen LogP contribution in [-0.4, -0.2) is 12.5 Å². The molecule has 3 nitrogen and oxygen atoms in total. The van der Waals surface area contributed by atoms with E-state index in [0.29, 0.717) is 12.1 Å². The fourth-order valence-electron chi connectivity index (χ4n) is 1.31. The molecule has 1 N–H and O–H groups in total. The molecule has 0 aliphatic rings. The first-order valence-electron chi connectivity index (χ1n) is 5.20. The van der Waals surface area contributed by atoms with Crippen LogP contribution in [-0.2, 0) is 11.2 Å². The Hall–Kier alpha value is -2.15. The molecule has 0 saturated heterocycles. The average molecular weight is 232 g/mol. The highest BCUT2D eigenvalue weighted by Crippen LogP contribution is 2.12. The van der Waals surface area contributed by atoms with E-state index in [0.717, 1.165) is 5.56 Å². The largest absolute Gasteiger partial charge is 0.353 e. The monoisotopic (exact) mass is 232 g/mol. The highest BCUT2D eigenvalue weighted by molar-refractivity contribution is 5.73. The van der Waals surface area contributed by atoms with E-state index >= 15 is 0 Å². The molecule has 0 saturated carbocycles. The fourth-order valence-corrected chi connectivity index (χ4v) is 1.31. The van der Waals surface area contributed by atoms with Crippen molar-refractivity contribution < 1.29 is 9.18 Å². The summed E-state index contributed by atoms with van der Waals surface area (Å²) in [5.41, 5.74) is 1.19.